The Hall–Kier alpha value is -1.28. The van der Waals surface area contributed by atoms with Crippen molar-refractivity contribution in [1.82, 2.24) is 5.32 Å². The van der Waals surface area contributed by atoms with Crippen molar-refractivity contribution in [2.24, 2.45) is 11.8 Å². The average Bonchev–Trinajstić information content (AvgIpc) is 3.37. The van der Waals surface area contributed by atoms with Crippen LogP contribution in [-0.2, 0) is 0 Å². The Morgan fingerprint density at radius 3 is 2.90 bits per heavy atom. The summed E-state index contributed by atoms with van der Waals surface area (Å²) >= 11 is 0. The van der Waals surface area contributed by atoms with Crippen LogP contribution in [0.5, 0.6) is 5.75 Å². The Morgan fingerprint density at radius 2 is 2.19 bits per heavy atom. The van der Waals surface area contributed by atoms with Gasteiger partial charge in [0, 0.05) is 6.04 Å². The molecule has 0 heterocycles. The summed E-state index contributed by atoms with van der Waals surface area (Å²) < 4.78 is 5.39. The lowest BCUT2D eigenvalue weighted by molar-refractivity contribution is 0.394. The van der Waals surface area contributed by atoms with Crippen LogP contribution in [0, 0.1) is 11.8 Å². The topological polar surface area (TPSA) is 21.3 Å². The van der Waals surface area contributed by atoms with Gasteiger partial charge >= 0.3 is 0 Å². The summed E-state index contributed by atoms with van der Waals surface area (Å²) in [5.41, 5.74) is 1.37. The molecule has 0 aromatic heterocycles. The van der Waals surface area contributed by atoms with E-state index in [1.807, 2.05) is 6.07 Å². The molecule has 0 amide bonds. The van der Waals surface area contributed by atoms with Crippen LogP contribution in [0.2, 0.25) is 0 Å². The van der Waals surface area contributed by atoms with Crippen molar-refractivity contribution < 1.29 is 4.74 Å². The predicted octanol–water partition coefficient (Wildman–Crippen LogP) is 4.48. The number of hydrogen-bond donors (Lipinski definition) is 1. The Morgan fingerprint density at radius 1 is 1.29 bits per heavy atom. The molecule has 21 heavy (non-hydrogen) atoms. The number of hydrogen-bond acceptors (Lipinski definition) is 2. The molecule has 2 aliphatic rings. The second-order valence-electron chi connectivity index (χ2n) is 6.54. The van der Waals surface area contributed by atoms with Gasteiger partial charge in [0.1, 0.15) is 5.75 Å². The lowest BCUT2D eigenvalue weighted by Gasteiger charge is -2.25. The Labute approximate surface area is 128 Å². The molecule has 0 saturated heterocycles. The van der Waals surface area contributed by atoms with Crippen molar-refractivity contribution >= 4 is 0 Å². The van der Waals surface area contributed by atoms with Crippen LogP contribution in [0.15, 0.2) is 36.4 Å². The van der Waals surface area contributed by atoms with E-state index in [1.165, 1.54) is 44.1 Å². The van der Waals surface area contributed by atoms with Crippen molar-refractivity contribution in [3.8, 4) is 5.75 Å². The summed E-state index contributed by atoms with van der Waals surface area (Å²) in [6.07, 6.45) is 12.7. The zero-order chi connectivity index (χ0) is 14.5. The molecule has 0 spiro atoms. The Kier molecular flexibility index (Phi) is 4.97. The molecule has 2 atom stereocenters. The van der Waals surface area contributed by atoms with E-state index in [4.69, 9.17) is 4.74 Å². The van der Waals surface area contributed by atoms with Crippen LogP contribution in [0.1, 0.15) is 50.1 Å². The predicted molar refractivity (Wildman–Crippen MR) is 87.6 cm³/mol. The van der Waals surface area contributed by atoms with Crippen LogP contribution >= 0.6 is 0 Å². The van der Waals surface area contributed by atoms with E-state index >= 15 is 0 Å². The van der Waals surface area contributed by atoms with E-state index in [0.717, 1.165) is 24.1 Å². The molecule has 0 aliphatic heterocycles. The first kappa shape index (κ1) is 14.6. The smallest absolute Gasteiger partial charge is 0.119 e. The van der Waals surface area contributed by atoms with Crippen molar-refractivity contribution in [3.05, 3.63) is 42.0 Å². The third-order valence-electron chi connectivity index (χ3n) is 4.74. The van der Waals surface area contributed by atoms with Gasteiger partial charge in [0.25, 0.3) is 0 Å². The highest BCUT2D eigenvalue weighted by Gasteiger charge is 2.24. The van der Waals surface area contributed by atoms with Crippen molar-refractivity contribution in [2.45, 2.75) is 44.6 Å². The number of methoxy groups -OCH3 is 1. The largest absolute Gasteiger partial charge is 0.497 e. The Bertz CT molecular complexity index is 478. The van der Waals surface area contributed by atoms with Crippen LogP contribution in [0.3, 0.4) is 0 Å². The van der Waals surface area contributed by atoms with E-state index in [1.54, 1.807) is 7.11 Å². The quantitative estimate of drug-likeness (QED) is 0.746. The highest BCUT2D eigenvalue weighted by atomic mass is 16.5. The van der Waals surface area contributed by atoms with Gasteiger partial charge in [-0.2, -0.15) is 0 Å². The number of benzene rings is 1. The molecule has 3 rings (SSSR count). The lowest BCUT2D eigenvalue weighted by Crippen LogP contribution is -2.26. The molecule has 1 aromatic carbocycles. The standard InChI is InChI=1S/C19H27NO/c1-21-18-9-5-8-17(13-18)19(20-14-16-10-11-16)12-15-6-3-2-4-7-15/h3,5-6,8-9,13,15-16,19-20H,2,4,7,10-12,14H2,1H3. The second-order valence-corrected chi connectivity index (χ2v) is 6.54. The van der Waals surface area contributed by atoms with Gasteiger partial charge in [-0.15, -0.1) is 0 Å². The monoisotopic (exact) mass is 285 g/mol. The van der Waals surface area contributed by atoms with Gasteiger partial charge in [-0.05, 0) is 74.6 Å². The van der Waals surface area contributed by atoms with Crippen molar-refractivity contribution in [3.63, 3.8) is 0 Å². The van der Waals surface area contributed by atoms with Gasteiger partial charge < -0.3 is 10.1 Å². The highest BCUT2D eigenvalue weighted by molar-refractivity contribution is 5.30. The minimum atomic E-state index is 0.452. The first-order valence-electron chi connectivity index (χ1n) is 8.39. The second kappa shape index (κ2) is 7.13. The zero-order valence-electron chi connectivity index (χ0n) is 13.1. The fourth-order valence-corrected chi connectivity index (χ4v) is 3.21. The fourth-order valence-electron chi connectivity index (χ4n) is 3.21. The minimum Gasteiger partial charge on any atom is -0.497 e. The lowest BCUT2D eigenvalue weighted by atomic mass is 9.87. The van der Waals surface area contributed by atoms with E-state index in [2.05, 4.69) is 35.7 Å². The number of ether oxygens (including phenoxy) is 1. The maximum absolute atomic E-state index is 5.39. The van der Waals surface area contributed by atoms with E-state index < -0.39 is 0 Å². The fraction of sp³-hybridized carbons (Fsp3) is 0.579. The normalized spacial score (nSPS) is 23.0. The van der Waals surface area contributed by atoms with Gasteiger partial charge in [-0.25, -0.2) is 0 Å². The number of allylic oxidation sites excluding steroid dienone is 2. The van der Waals surface area contributed by atoms with Crippen molar-refractivity contribution in [2.75, 3.05) is 13.7 Å². The molecule has 0 radical (unpaired) electrons. The summed E-state index contributed by atoms with van der Waals surface area (Å²) in [7, 11) is 1.75. The van der Waals surface area contributed by atoms with E-state index in [0.29, 0.717) is 6.04 Å². The SMILES string of the molecule is COc1cccc(C(CC2C=CCCC2)NCC2CC2)c1. The molecule has 2 nitrogen and oxygen atoms in total. The van der Waals surface area contributed by atoms with Gasteiger partial charge in [-0.1, -0.05) is 24.3 Å². The van der Waals surface area contributed by atoms with Gasteiger partial charge in [0.15, 0.2) is 0 Å². The molecule has 114 valence electrons. The maximum Gasteiger partial charge on any atom is 0.119 e. The first-order chi connectivity index (χ1) is 10.3. The molecular formula is C19H27NO. The molecule has 1 aromatic rings. The third kappa shape index (κ3) is 4.34. The van der Waals surface area contributed by atoms with E-state index in [-0.39, 0.29) is 0 Å². The van der Waals surface area contributed by atoms with Crippen LogP contribution in [0.25, 0.3) is 0 Å². The molecule has 2 unspecified atom stereocenters. The van der Waals surface area contributed by atoms with E-state index in [9.17, 15) is 0 Å². The molecule has 1 N–H and O–H groups in total. The summed E-state index contributed by atoms with van der Waals surface area (Å²) in [6, 6.07) is 9.02. The molecule has 0 bridgehead atoms. The van der Waals surface area contributed by atoms with Gasteiger partial charge in [0.05, 0.1) is 7.11 Å². The van der Waals surface area contributed by atoms with Gasteiger partial charge in [-0.3, -0.25) is 0 Å². The number of nitrogens with one attached hydrogen (secondary N) is 1. The molecule has 2 heteroatoms. The zero-order valence-corrected chi connectivity index (χ0v) is 13.1. The summed E-state index contributed by atoms with van der Waals surface area (Å²) in [4.78, 5) is 0. The Balaban J connectivity index is 1.69. The highest BCUT2D eigenvalue weighted by Crippen LogP contribution is 2.32. The van der Waals surface area contributed by atoms with Crippen LogP contribution < -0.4 is 10.1 Å². The summed E-state index contributed by atoms with van der Waals surface area (Å²) in [5.74, 6) is 2.60. The maximum atomic E-state index is 5.39. The van der Waals surface area contributed by atoms with Crippen LogP contribution in [-0.4, -0.2) is 13.7 Å². The molecule has 2 aliphatic carbocycles. The molecular weight excluding hydrogens is 258 g/mol. The van der Waals surface area contributed by atoms with Crippen LogP contribution in [0.4, 0.5) is 0 Å². The number of rotatable bonds is 7. The van der Waals surface area contributed by atoms with Gasteiger partial charge in [0.2, 0.25) is 0 Å². The first-order valence-corrected chi connectivity index (χ1v) is 8.39. The third-order valence-corrected chi connectivity index (χ3v) is 4.74. The summed E-state index contributed by atoms with van der Waals surface area (Å²) in [6.45, 7) is 1.16. The van der Waals surface area contributed by atoms with Crippen molar-refractivity contribution in [1.29, 1.82) is 0 Å². The molecule has 1 saturated carbocycles. The summed E-state index contributed by atoms with van der Waals surface area (Å²) in [5, 5.41) is 3.81. The minimum absolute atomic E-state index is 0.452. The average molecular weight is 285 g/mol. The molecule has 1 fully saturated rings.